The van der Waals surface area contributed by atoms with E-state index in [4.69, 9.17) is 15.2 Å². The number of methoxy groups -OCH3 is 2. The number of allylic oxidation sites excluding steroid dienone is 2. The Hall–Kier alpha value is -3.47. The maximum absolute atomic E-state index is 10.2. The first-order valence-corrected chi connectivity index (χ1v) is 9.88. The molecule has 0 radical (unpaired) electrons. The maximum atomic E-state index is 10.2. The average molecular weight is 403 g/mol. The second-order valence-corrected chi connectivity index (χ2v) is 7.58. The molecule has 30 heavy (non-hydrogen) atoms. The van der Waals surface area contributed by atoms with Crippen molar-refractivity contribution in [2.24, 2.45) is 17.1 Å². The molecule has 1 heterocycles. The summed E-state index contributed by atoms with van der Waals surface area (Å²) in [6.07, 6.45) is 3.00. The number of hydrogen-bond acceptors (Lipinski definition) is 7. The van der Waals surface area contributed by atoms with Crippen LogP contribution in [0.2, 0.25) is 0 Å². The van der Waals surface area contributed by atoms with Gasteiger partial charge in [-0.3, -0.25) is 4.90 Å². The third-order valence-corrected chi connectivity index (χ3v) is 6.01. The topological polar surface area (TPSA) is 119 Å². The van der Waals surface area contributed by atoms with E-state index >= 15 is 0 Å². The highest BCUT2D eigenvalue weighted by atomic mass is 16.5. The van der Waals surface area contributed by atoms with Crippen LogP contribution in [0.4, 0.5) is 0 Å². The molecular weight excluding hydrogens is 378 g/mol. The molecule has 7 nitrogen and oxygen atoms in total. The van der Waals surface area contributed by atoms with Gasteiger partial charge in [-0.25, -0.2) is 0 Å². The van der Waals surface area contributed by atoms with Gasteiger partial charge in [0.2, 0.25) is 0 Å². The quantitative estimate of drug-likeness (QED) is 0.803. The van der Waals surface area contributed by atoms with Crippen LogP contribution in [-0.2, 0) is 0 Å². The predicted molar refractivity (Wildman–Crippen MR) is 111 cm³/mol. The van der Waals surface area contributed by atoms with Crippen molar-refractivity contribution in [1.82, 2.24) is 4.90 Å². The van der Waals surface area contributed by atoms with Gasteiger partial charge in [-0.1, -0.05) is 13.0 Å². The van der Waals surface area contributed by atoms with Crippen LogP contribution in [-0.4, -0.2) is 38.8 Å². The summed E-state index contributed by atoms with van der Waals surface area (Å²) < 4.78 is 10.8. The molecule has 2 atom stereocenters. The summed E-state index contributed by atoms with van der Waals surface area (Å²) in [6.45, 7) is 4.34. The minimum atomic E-state index is -1.67. The number of fused-ring (bicyclic) bond motifs is 1. The summed E-state index contributed by atoms with van der Waals surface area (Å²) in [7, 11) is 3.11. The zero-order valence-corrected chi connectivity index (χ0v) is 17.5. The molecule has 0 fully saturated rings. The van der Waals surface area contributed by atoms with Crippen molar-refractivity contribution in [2.45, 2.75) is 19.3 Å². The van der Waals surface area contributed by atoms with Gasteiger partial charge in [-0.2, -0.15) is 15.8 Å². The van der Waals surface area contributed by atoms with Crippen molar-refractivity contribution in [2.75, 3.05) is 33.9 Å². The van der Waals surface area contributed by atoms with Crippen LogP contribution in [0.1, 0.15) is 24.8 Å². The molecule has 0 saturated heterocycles. The summed E-state index contributed by atoms with van der Waals surface area (Å²) in [5, 5.41) is 30.2. The summed E-state index contributed by atoms with van der Waals surface area (Å²) in [6, 6.07) is 11.9. The summed E-state index contributed by atoms with van der Waals surface area (Å²) in [5.74, 6) is 0.326. The van der Waals surface area contributed by atoms with Gasteiger partial charge in [-0.15, -0.1) is 0 Å². The van der Waals surface area contributed by atoms with Gasteiger partial charge in [0.1, 0.15) is 17.6 Å². The fraction of sp³-hybridized carbons (Fsp3) is 0.435. The first-order valence-electron chi connectivity index (χ1n) is 9.88. The molecule has 1 aromatic carbocycles. The van der Waals surface area contributed by atoms with E-state index < -0.39 is 11.3 Å². The lowest BCUT2D eigenvalue weighted by Gasteiger charge is -2.45. The summed E-state index contributed by atoms with van der Waals surface area (Å²) in [5.41, 5.74) is 6.50. The lowest BCUT2D eigenvalue weighted by atomic mass is 9.58. The Morgan fingerprint density at radius 3 is 2.27 bits per heavy atom. The second kappa shape index (κ2) is 8.49. The van der Waals surface area contributed by atoms with Gasteiger partial charge < -0.3 is 15.2 Å². The Morgan fingerprint density at radius 1 is 1.13 bits per heavy atom. The fourth-order valence-electron chi connectivity index (χ4n) is 4.62. The van der Waals surface area contributed by atoms with Crippen LogP contribution in [0.5, 0.6) is 11.5 Å². The van der Waals surface area contributed by atoms with Gasteiger partial charge in [-0.05, 0) is 36.2 Å². The molecular formula is C23H25N5O2. The third-order valence-electron chi connectivity index (χ3n) is 6.01. The Morgan fingerprint density at radius 2 is 1.77 bits per heavy atom. The van der Waals surface area contributed by atoms with E-state index in [1.165, 1.54) is 0 Å². The number of benzene rings is 1. The number of nitrogens with two attached hydrogens (primary N) is 1. The normalized spacial score (nSPS) is 22.7. The predicted octanol–water partition coefficient (Wildman–Crippen LogP) is 2.84. The minimum Gasteiger partial charge on any atom is -0.497 e. The van der Waals surface area contributed by atoms with Gasteiger partial charge >= 0.3 is 0 Å². The lowest BCUT2D eigenvalue weighted by Crippen LogP contribution is -2.48. The number of nitriles is 3. The van der Waals surface area contributed by atoms with E-state index in [-0.39, 0.29) is 17.2 Å². The van der Waals surface area contributed by atoms with Crippen LogP contribution in [0.25, 0.3) is 0 Å². The van der Waals surface area contributed by atoms with Crippen LogP contribution in [0.15, 0.2) is 41.1 Å². The van der Waals surface area contributed by atoms with E-state index in [1.807, 2.05) is 18.2 Å². The highest BCUT2D eigenvalue weighted by Gasteiger charge is 2.54. The van der Waals surface area contributed by atoms with Crippen molar-refractivity contribution in [3.63, 3.8) is 0 Å². The van der Waals surface area contributed by atoms with Gasteiger partial charge in [0.05, 0.1) is 37.6 Å². The number of nitrogens with zero attached hydrogens (tertiary/aromatic N) is 4. The first kappa shape index (κ1) is 21.2. The monoisotopic (exact) mass is 403 g/mol. The first-order chi connectivity index (χ1) is 14.5. The Balaban J connectivity index is 2.30. The summed E-state index contributed by atoms with van der Waals surface area (Å²) >= 11 is 0. The van der Waals surface area contributed by atoms with E-state index in [9.17, 15) is 15.8 Å². The highest BCUT2D eigenvalue weighted by molar-refractivity contribution is 5.60. The van der Waals surface area contributed by atoms with E-state index in [0.29, 0.717) is 24.6 Å². The molecule has 0 amide bonds. The van der Waals surface area contributed by atoms with Crippen LogP contribution in [0.3, 0.4) is 0 Å². The molecule has 7 heteroatoms. The van der Waals surface area contributed by atoms with Crippen molar-refractivity contribution < 1.29 is 9.47 Å². The van der Waals surface area contributed by atoms with Crippen molar-refractivity contribution >= 4 is 0 Å². The van der Waals surface area contributed by atoms with Crippen molar-refractivity contribution in [3.8, 4) is 29.7 Å². The zero-order chi connectivity index (χ0) is 21.9. The molecule has 1 aromatic rings. The van der Waals surface area contributed by atoms with E-state index in [1.54, 1.807) is 20.3 Å². The standard InChI is InChI=1S/C23H25N5O2/c1-4-6-28-7-5-18-19(11-24)22(27)23(13-25,14-26)21(20(18)12-28)15-8-16(29-2)10-17(9-15)30-3/h5,8-10,20-21H,4,6-7,12,27H2,1-3H3/t20-,21+/m0/s1. The molecule has 3 rings (SSSR count). The highest BCUT2D eigenvalue weighted by Crippen LogP contribution is 2.54. The molecule has 154 valence electrons. The molecule has 1 aliphatic carbocycles. The second-order valence-electron chi connectivity index (χ2n) is 7.58. The molecule has 2 N–H and O–H groups in total. The lowest BCUT2D eigenvalue weighted by molar-refractivity contribution is 0.207. The number of rotatable bonds is 5. The maximum Gasteiger partial charge on any atom is 0.191 e. The summed E-state index contributed by atoms with van der Waals surface area (Å²) in [4.78, 5) is 2.27. The third kappa shape index (κ3) is 3.26. The van der Waals surface area contributed by atoms with Crippen molar-refractivity contribution in [3.05, 3.63) is 46.7 Å². The van der Waals surface area contributed by atoms with Crippen LogP contribution < -0.4 is 15.2 Å². The van der Waals surface area contributed by atoms with E-state index in [2.05, 4.69) is 30.0 Å². The Bertz CT molecular complexity index is 985. The van der Waals surface area contributed by atoms with Crippen molar-refractivity contribution in [1.29, 1.82) is 15.8 Å². The Labute approximate surface area is 177 Å². The largest absolute Gasteiger partial charge is 0.497 e. The molecule has 0 bridgehead atoms. The number of hydrogen-bond donors (Lipinski definition) is 1. The number of ether oxygens (including phenoxy) is 2. The Kier molecular flexibility index (Phi) is 6.01. The average Bonchev–Trinajstić information content (AvgIpc) is 2.78. The molecule has 0 spiro atoms. The minimum absolute atomic E-state index is 0.0215. The van der Waals surface area contributed by atoms with Gasteiger partial charge in [0.25, 0.3) is 0 Å². The zero-order valence-electron chi connectivity index (χ0n) is 17.5. The van der Waals surface area contributed by atoms with Gasteiger partial charge in [0, 0.05) is 31.0 Å². The molecule has 1 aliphatic heterocycles. The molecule has 0 aromatic heterocycles. The molecule has 0 saturated carbocycles. The fourth-order valence-corrected chi connectivity index (χ4v) is 4.62. The van der Waals surface area contributed by atoms with Crippen LogP contribution >= 0.6 is 0 Å². The van der Waals surface area contributed by atoms with Gasteiger partial charge in [0.15, 0.2) is 5.41 Å². The van der Waals surface area contributed by atoms with Crippen LogP contribution in [0, 0.1) is 45.3 Å². The SMILES string of the molecule is CCCN1CC=C2C(C#N)=C(N)C(C#N)(C#N)[C@H](c3cc(OC)cc(OC)c3)[C@H]2C1. The van der Waals surface area contributed by atoms with E-state index in [0.717, 1.165) is 24.1 Å². The molecule has 2 aliphatic rings. The molecule has 0 unspecified atom stereocenters. The smallest absolute Gasteiger partial charge is 0.191 e.